The number of nitrogens with one attached hydrogen (secondary N) is 2. The maximum atomic E-state index is 13.2. The fraction of sp³-hybridized carbons (Fsp3) is 0.458. The number of rotatable bonds is 8. The lowest BCUT2D eigenvalue weighted by atomic mass is 10.0. The maximum Gasteiger partial charge on any atom is 0.340 e. The van der Waals surface area contributed by atoms with Gasteiger partial charge in [-0.05, 0) is 45.4 Å². The van der Waals surface area contributed by atoms with E-state index in [1.807, 2.05) is 19.1 Å². The highest BCUT2D eigenvalue weighted by Crippen LogP contribution is 2.22. The van der Waals surface area contributed by atoms with Gasteiger partial charge in [-0.2, -0.15) is 0 Å². The summed E-state index contributed by atoms with van der Waals surface area (Å²) in [5.41, 5.74) is 2.74. The molecule has 1 aromatic heterocycles. The number of carbonyl (C=O) groups excluding carboxylic acids is 3. The van der Waals surface area contributed by atoms with Gasteiger partial charge in [-0.3, -0.25) is 19.4 Å². The lowest BCUT2D eigenvalue weighted by Crippen LogP contribution is -2.53. The first-order valence-corrected chi connectivity index (χ1v) is 11.5. The second-order valence-corrected chi connectivity index (χ2v) is 8.63. The molecule has 1 aliphatic heterocycles. The van der Waals surface area contributed by atoms with E-state index in [1.165, 1.54) is 0 Å². The molecular weight excluding hydrogens is 444 g/mol. The average Bonchev–Trinajstić information content (AvgIpc) is 3.09. The third-order valence-electron chi connectivity index (χ3n) is 6.01. The van der Waals surface area contributed by atoms with Gasteiger partial charge in [0.15, 0.2) is 5.78 Å². The molecule has 1 aliphatic rings. The van der Waals surface area contributed by atoms with Crippen molar-refractivity contribution in [1.29, 1.82) is 0 Å². The number of aromatic nitrogens is 1. The smallest absolute Gasteiger partial charge is 0.340 e. The summed E-state index contributed by atoms with van der Waals surface area (Å²) in [5.74, 6) is -0.597. The van der Waals surface area contributed by atoms with Gasteiger partial charge in [-0.25, -0.2) is 4.79 Å². The highest BCUT2D eigenvalue weighted by atomic mass is 35.5. The van der Waals surface area contributed by atoms with Crippen LogP contribution in [0.5, 0.6) is 0 Å². The Bertz CT molecular complexity index is 1030. The summed E-state index contributed by atoms with van der Waals surface area (Å²) in [4.78, 5) is 45.1. The van der Waals surface area contributed by atoms with Gasteiger partial charge in [0, 0.05) is 31.9 Å². The molecule has 0 spiro atoms. The second-order valence-electron chi connectivity index (χ2n) is 8.23. The monoisotopic (exact) mass is 474 g/mol. The van der Waals surface area contributed by atoms with E-state index in [0.29, 0.717) is 59.4 Å². The molecule has 33 heavy (non-hydrogen) atoms. The Hall–Kier alpha value is -2.68. The van der Waals surface area contributed by atoms with Gasteiger partial charge in [0.25, 0.3) is 0 Å². The summed E-state index contributed by atoms with van der Waals surface area (Å²) < 4.78 is 5.12. The fourth-order valence-corrected chi connectivity index (χ4v) is 4.33. The van der Waals surface area contributed by atoms with E-state index < -0.39 is 5.97 Å². The Morgan fingerprint density at radius 3 is 2.45 bits per heavy atom. The number of hydrogen-bond donors (Lipinski definition) is 2. The molecule has 0 aliphatic carbocycles. The van der Waals surface area contributed by atoms with Crippen LogP contribution in [-0.2, 0) is 9.53 Å². The Balaban J connectivity index is 1.56. The van der Waals surface area contributed by atoms with Crippen molar-refractivity contribution in [3.63, 3.8) is 0 Å². The van der Waals surface area contributed by atoms with Crippen LogP contribution in [-0.4, -0.2) is 77.8 Å². The fourth-order valence-electron chi connectivity index (χ4n) is 4.14. The topological polar surface area (TPSA) is 94.7 Å². The molecule has 2 heterocycles. The first-order valence-electron chi connectivity index (χ1n) is 11.1. The van der Waals surface area contributed by atoms with Crippen molar-refractivity contribution in [2.75, 3.05) is 44.6 Å². The number of halogens is 1. The molecule has 3 rings (SSSR count). The van der Waals surface area contributed by atoms with Crippen LogP contribution < -0.4 is 5.32 Å². The zero-order valence-corrected chi connectivity index (χ0v) is 20.3. The molecule has 2 aromatic rings. The van der Waals surface area contributed by atoms with Crippen LogP contribution in [0.2, 0.25) is 5.02 Å². The molecule has 9 heteroatoms. The van der Waals surface area contributed by atoms with Crippen LogP contribution in [0.25, 0.3) is 0 Å². The number of hydrogen-bond acceptors (Lipinski definition) is 6. The molecule has 1 unspecified atom stereocenters. The van der Waals surface area contributed by atoms with Crippen molar-refractivity contribution in [1.82, 2.24) is 14.8 Å². The molecule has 1 atom stereocenters. The van der Waals surface area contributed by atoms with Crippen LogP contribution in [0, 0.1) is 13.8 Å². The Morgan fingerprint density at radius 2 is 1.82 bits per heavy atom. The van der Waals surface area contributed by atoms with E-state index >= 15 is 0 Å². The first kappa shape index (κ1) is 25.0. The van der Waals surface area contributed by atoms with Crippen molar-refractivity contribution in [3.8, 4) is 0 Å². The molecule has 0 saturated carbocycles. The Kier molecular flexibility index (Phi) is 8.29. The third-order valence-corrected chi connectivity index (χ3v) is 6.34. The molecule has 8 nitrogen and oxygen atoms in total. The zero-order valence-electron chi connectivity index (χ0n) is 19.5. The Labute approximate surface area is 199 Å². The van der Waals surface area contributed by atoms with Crippen molar-refractivity contribution >= 4 is 34.9 Å². The largest absolute Gasteiger partial charge is 0.462 e. The van der Waals surface area contributed by atoms with Crippen LogP contribution in [0.15, 0.2) is 24.3 Å². The van der Waals surface area contributed by atoms with Gasteiger partial charge >= 0.3 is 5.97 Å². The van der Waals surface area contributed by atoms with E-state index in [-0.39, 0.29) is 30.9 Å². The number of aromatic amines is 1. The molecule has 1 aromatic carbocycles. The summed E-state index contributed by atoms with van der Waals surface area (Å²) in [6, 6.07) is 6.78. The molecule has 1 amide bonds. The third kappa shape index (κ3) is 5.82. The van der Waals surface area contributed by atoms with Gasteiger partial charge < -0.3 is 15.0 Å². The number of para-hydroxylation sites is 1. The summed E-state index contributed by atoms with van der Waals surface area (Å²) in [6.07, 6.45) is 0. The normalized spacial score (nSPS) is 15.8. The standard InChI is InChI=1S/C24H31ClN4O4/c1-5-33-24(32)21-15(2)22(26-16(21)3)23(31)17(4)29-12-10-28(11-13-29)14-20(30)27-19-9-7-6-8-18(19)25/h6-9,17,26H,5,10-14H2,1-4H3,(H,27,30). The van der Waals surface area contributed by atoms with Gasteiger partial charge in [0.2, 0.25) is 5.91 Å². The van der Waals surface area contributed by atoms with Gasteiger partial charge in [-0.1, -0.05) is 23.7 Å². The van der Waals surface area contributed by atoms with Crippen LogP contribution in [0.4, 0.5) is 5.69 Å². The van der Waals surface area contributed by atoms with Crippen molar-refractivity contribution < 1.29 is 19.1 Å². The van der Waals surface area contributed by atoms with E-state index in [2.05, 4.69) is 20.1 Å². The van der Waals surface area contributed by atoms with E-state index in [1.54, 1.807) is 32.9 Å². The molecule has 1 saturated heterocycles. The quantitative estimate of drug-likeness (QED) is 0.450. The summed E-state index contributed by atoms with van der Waals surface area (Å²) in [5, 5.41) is 3.34. The van der Waals surface area contributed by atoms with E-state index in [0.717, 1.165) is 0 Å². The number of anilines is 1. The molecule has 0 radical (unpaired) electrons. The number of piperazine rings is 1. The van der Waals surface area contributed by atoms with Crippen LogP contribution in [0.3, 0.4) is 0 Å². The molecule has 2 N–H and O–H groups in total. The van der Waals surface area contributed by atoms with Gasteiger partial charge in [0.05, 0.1) is 41.2 Å². The van der Waals surface area contributed by atoms with Gasteiger partial charge in [-0.15, -0.1) is 0 Å². The summed E-state index contributed by atoms with van der Waals surface area (Å²) in [7, 11) is 0. The lowest BCUT2D eigenvalue weighted by molar-refractivity contribution is -0.117. The first-order chi connectivity index (χ1) is 15.7. The summed E-state index contributed by atoms with van der Waals surface area (Å²) >= 11 is 6.11. The Morgan fingerprint density at radius 1 is 1.15 bits per heavy atom. The van der Waals surface area contributed by atoms with E-state index in [9.17, 15) is 14.4 Å². The van der Waals surface area contributed by atoms with Crippen LogP contribution >= 0.6 is 11.6 Å². The minimum atomic E-state index is -0.417. The highest BCUT2D eigenvalue weighted by Gasteiger charge is 2.30. The zero-order chi connectivity index (χ0) is 24.1. The number of nitrogens with zero attached hydrogens (tertiary/aromatic N) is 2. The molecule has 1 fully saturated rings. The molecule has 0 bridgehead atoms. The van der Waals surface area contributed by atoms with E-state index in [4.69, 9.17) is 16.3 Å². The number of H-pyrrole nitrogens is 1. The number of ether oxygens (including phenoxy) is 1. The second kappa shape index (κ2) is 11.0. The minimum absolute atomic E-state index is 0.0592. The van der Waals surface area contributed by atoms with Crippen molar-refractivity contribution in [3.05, 3.63) is 51.8 Å². The number of amides is 1. The summed E-state index contributed by atoms with van der Waals surface area (Å²) in [6.45, 7) is 10.4. The SMILES string of the molecule is CCOC(=O)c1c(C)[nH]c(C(=O)C(C)N2CCN(CC(=O)Nc3ccccc3Cl)CC2)c1C. The number of ketones is 1. The van der Waals surface area contributed by atoms with Crippen LogP contribution in [0.1, 0.15) is 46.0 Å². The number of Topliss-reactive ketones (excluding diaryl/α,β-unsaturated/α-hetero) is 1. The van der Waals surface area contributed by atoms with Crippen molar-refractivity contribution in [2.45, 2.75) is 33.7 Å². The maximum absolute atomic E-state index is 13.2. The number of benzene rings is 1. The molecule has 178 valence electrons. The predicted octanol–water partition coefficient (Wildman–Crippen LogP) is 3.29. The molecular formula is C24H31ClN4O4. The average molecular weight is 475 g/mol. The highest BCUT2D eigenvalue weighted by molar-refractivity contribution is 6.33. The van der Waals surface area contributed by atoms with Crippen molar-refractivity contribution in [2.24, 2.45) is 0 Å². The number of aryl methyl sites for hydroxylation is 1. The van der Waals surface area contributed by atoms with Gasteiger partial charge in [0.1, 0.15) is 0 Å². The number of esters is 1. The predicted molar refractivity (Wildman–Crippen MR) is 128 cm³/mol. The number of carbonyl (C=O) groups is 3. The minimum Gasteiger partial charge on any atom is -0.462 e. The lowest BCUT2D eigenvalue weighted by Gasteiger charge is -2.37.